The molecule has 1 saturated heterocycles. The van der Waals surface area contributed by atoms with Crippen molar-refractivity contribution in [1.82, 2.24) is 0 Å². The van der Waals surface area contributed by atoms with E-state index in [1.165, 1.54) is 0 Å². The highest BCUT2D eigenvalue weighted by Crippen LogP contribution is 2.38. The quantitative estimate of drug-likeness (QED) is 0.318. The summed E-state index contributed by atoms with van der Waals surface area (Å²) in [5, 5.41) is 0. The molecule has 0 unspecified atom stereocenters. The third-order valence-electron chi connectivity index (χ3n) is 5.75. The zero-order valence-electron chi connectivity index (χ0n) is 17.5. The van der Waals surface area contributed by atoms with Crippen LogP contribution in [-0.2, 0) is 35.0 Å². The Bertz CT molecular complexity index is 986. The fourth-order valence-electron chi connectivity index (χ4n) is 4.21. The van der Waals surface area contributed by atoms with Gasteiger partial charge in [0.2, 0.25) is 0 Å². The van der Waals surface area contributed by atoms with Crippen molar-refractivity contribution in [3.05, 3.63) is 65.3 Å². The van der Waals surface area contributed by atoms with Crippen LogP contribution in [-0.4, -0.2) is 43.3 Å². The smallest absolute Gasteiger partial charge is 0.334 e. The van der Waals surface area contributed by atoms with Gasteiger partial charge >= 0.3 is 17.9 Å². The molecular weight excluding hydrogens is 400 g/mol. The third kappa shape index (κ3) is 4.40. The van der Waals surface area contributed by atoms with Crippen LogP contribution in [0.3, 0.4) is 0 Å². The van der Waals surface area contributed by atoms with E-state index in [9.17, 15) is 14.4 Å². The second kappa shape index (κ2) is 8.41. The van der Waals surface area contributed by atoms with Gasteiger partial charge in [-0.15, -0.1) is 0 Å². The van der Waals surface area contributed by atoms with E-state index in [0.29, 0.717) is 17.7 Å². The molecule has 4 rings (SSSR count). The van der Waals surface area contributed by atoms with Crippen LogP contribution in [0.1, 0.15) is 25.3 Å². The Morgan fingerprint density at radius 3 is 2.55 bits per heavy atom. The summed E-state index contributed by atoms with van der Waals surface area (Å²) in [4.78, 5) is 37.2. The number of carbonyl (C=O) groups is 3. The standard InChI is InChI=1S/C24H24O7/c1-13-8-18-11-16(24(27)29-18)12-20-22(14(2)23(26)31-20)19(9-13)30-21(25)10-15-4-6-17(28-3)7-5-15/h4-7,9,11,18-20,22H,2,8,10,12H2,1,3H3/b13-9+/t18-,19-,20+,22+/m1/s1. The minimum atomic E-state index is -0.733. The lowest BCUT2D eigenvalue weighted by Gasteiger charge is -2.26. The topological polar surface area (TPSA) is 88.1 Å². The van der Waals surface area contributed by atoms with Gasteiger partial charge in [0.05, 0.1) is 19.4 Å². The molecule has 1 fully saturated rings. The van der Waals surface area contributed by atoms with Crippen LogP contribution in [0.4, 0.5) is 0 Å². The Hall–Kier alpha value is -3.35. The number of methoxy groups -OCH3 is 1. The summed E-state index contributed by atoms with van der Waals surface area (Å²) in [6, 6.07) is 7.15. The van der Waals surface area contributed by atoms with Crippen LogP contribution in [0.5, 0.6) is 5.75 Å². The van der Waals surface area contributed by atoms with Gasteiger partial charge in [0, 0.05) is 24.0 Å². The van der Waals surface area contributed by atoms with E-state index < -0.39 is 36.0 Å². The molecule has 7 heteroatoms. The van der Waals surface area contributed by atoms with Crippen molar-refractivity contribution in [3.8, 4) is 5.75 Å². The first-order valence-corrected chi connectivity index (χ1v) is 10.1. The summed E-state index contributed by atoms with van der Waals surface area (Å²) < 4.78 is 21.8. The molecule has 2 heterocycles. The molecule has 0 saturated carbocycles. The van der Waals surface area contributed by atoms with Gasteiger partial charge in [-0.1, -0.05) is 24.3 Å². The van der Waals surface area contributed by atoms with Crippen LogP contribution in [0.15, 0.2) is 59.7 Å². The van der Waals surface area contributed by atoms with Crippen LogP contribution in [0, 0.1) is 5.92 Å². The Labute approximate surface area is 180 Å². The Morgan fingerprint density at radius 2 is 1.84 bits per heavy atom. The van der Waals surface area contributed by atoms with Crippen molar-refractivity contribution in [2.75, 3.05) is 7.11 Å². The molecule has 162 valence electrons. The highest BCUT2D eigenvalue weighted by molar-refractivity contribution is 5.93. The zero-order chi connectivity index (χ0) is 22.1. The van der Waals surface area contributed by atoms with Crippen molar-refractivity contribution < 1.29 is 33.3 Å². The molecule has 1 aromatic carbocycles. The minimum Gasteiger partial charge on any atom is -0.497 e. The molecule has 0 radical (unpaired) electrons. The first-order chi connectivity index (χ1) is 14.8. The fraction of sp³-hybridized carbons (Fsp3) is 0.375. The molecule has 0 amide bonds. The first-order valence-electron chi connectivity index (χ1n) is 10.1. The second-order valence-corrected chi connectivity index (χ2v) is 8.03. The van der Waals surface area contributed by atoms with Gasteiger partial charge in [-0.3, -0.25) is 4.79 Å². The fourth-order valence-corrected chi connectivity index (χ4v) is 4.21. The van der Waals surface area contributed by atoms with E-state index in [-0.39, 0.29) is 24.5 Å². The van der Waals surface area contributed by atoms with Gasteiger partial charge in [-0.05, 0) is 36.8 Å². The van der Waals surface area contributed by atoms with Gasteiger partial charge in [0.25, 0.3) is 0 Å². The number of hydrogen-bond donors (Lipinski definition) is 0. The van der Waals surface area contributed by atoms with Gasteiger partial charge in [-0.25, -0.2) is 9.59 Å². The normalized spacial score (nSPS) is 29.2. The maximum atomic E-state index is 12.7. The number of benzene rings is 1. The SMILES string of the molecule is C=C1C(=O)O[C@H]2CC3=C[C@@H](C/C(C)=C/[C@@H](OC(=O)Cc4ccc(OC)cc4)[C@H]12)OC3=O. The molecule has 31 heavy (non-hydrogen) atoms. The van der Waals surface area contributed by atoms with Crippen LogP contribution in [0.2, 0.25) is 0 Å². The molecule has 2 aliphatic heterocycles. The molecule has 0 N–H and O–H groups in total. The second-order valence-electron chi connectivity index (χ2n) is 8.03. The Morgan fingerprint density at radius 1 is 1.10 bits per heavy atom. The number of esters is 3. The lowest BCUT2D eigenvalue weighted by atomic mass is 9.85. The predicted molar refractivity (Wildman–Crippen MR) is 110 cm³/mol. The Balaban J connectivity index is 1.57. The number of ether oxygens (including phenoxy) is 4. The van der Waals surface area contributed by atoms with Gasteiger partial charge in [-0.2, -0.15) is 0 Å². The summed E-state index contributed by atoms with van der Waals surface area (Å²) >= 11 is 0. The van der Waals surface area contributed by atoms with Crippen molar-refractivity contribution in [1.29, 1.82) is 0 Å². The highest BCUT2D eigenvalue weighted by Gasteiger charge is 2.46. The van der Waals surface area contributed by atoms with E-state index in [1.807, 2.05) is 13.0 Å². The molecule has 2 bridgehead atoms. The summed E-state index contributed by atoms with van der Waals surface area (Å²) in [7, 11) is 1.58. The maximum Gasteiger partial charge on any atom is 0.334 e. The summed E-state index contributed by atoms with van der Waals surface area (Å²) in [6.45, 7) is 5.74. The van der Waals surface area contributed by atoms with Gasteiger partial charge in [0.1, 0.15) is 24.1 Å². The van der Waals surface area contributed by atoms with Crippen molar-refractivity contribution in [2.45, 2.75) is 44.5 Å². The number of rotatable bonds is 4. The maximum absolute atomic E-state index is 12.7. The number of hydrogen-bond acceptors (Lipinski definition) is 7. The van der Waals surface area contributed by atoms with Crippen LogP contribution < -0.4 is 4.74 Å². The molecule has 1 aliphatic carbocycles. The molecule has 1 aromatic rings. The van der Waals surface area contributed by atoms with Gasteiger partial charge < -0.3 is 18.9 Å². The highest BCUT2D eigenvalue weighted by atomic mass is 16.6. The molecule has 3 aliphatic rings. The van der Waals surface area contributed by atoms with E-state index in [4.69, 9.17) is 18.9 Å². The lowest BCUT2D eigenvalue weighted by molar-refractivity contribution is -0.149. The summed E-state index contributed by atoms with van der Waals surface area (Å²) in [5.41, 5.74) is 2.37. The van der Waals surface area contributed by atoms with Crippen molar-refractivity contribution >= 4 is 17.9 Å². The monoisotopic (exact) mass is 424 g/mol. The largest absolute Gasteiger partial charge is 0.497 e. The Kier molecular flexibility index (Phi) is 5.67. The van der Waals surface area contributed by atoms with Crippen molar-refractivity contribution in [3.63, 3.8) is 0 Å². The third-order valence-corrected chi connectivity index (χ3v) is 5.75. The van der Waals surface area contributed by atoms with E-state index in [0.717, 1.165) is 11.1 Å². The van der Waals surface area contributed by atoms with E-state index in [2.05, 4.69) is 6.58 Å². The number of fused-ring (bicyclic) bond motifs is 2. The van der Waals surface area contributed by atoms with Crippen LogP contribution in [0.25, 0.3) is 0 Å². The van der Waals surface area contributed by atoms with E-state index >= 15 is 0 Å². The zero-order valence-corrected chi connectivity index (χ0v) is 17.5. The first kappa shape index (κ1) is 20.9. The average Bonchev–Trinajstić information content (AvgIpc) is 3.19. The minimum absolute atomic E-state index is 0.0709. The lowest BCUT2D eigenvalue weighted by Crippen LogP contribution is -2.33. The summed E-state index contributed by atoms with van der Waals surface area (Å²) in [6.07, 6.45) is 2.59. The van der Waals surface area contributed by atoms with Crippen molar-refractivity contribution in [2.24, 2.45) is 5.92 Å². The number of carbonyl (C=O) groups excluding carboxylic acids is 3. The molecular formula is C24H24O7. The molecule has 0 spiro atoms. The van der Waals surface area contributed by atoms with Gasteiger partial charge in [0.15, 0.2) is 0 Å². The van der Waals surface area contributed by atoms with E-state index in [1.54, 1.807) is 37.5 Å². The molecule has 0 aromatic heterocycles. The van der Waals surface area contributed by atoms with Crippen LogP contribution >= 0.6 is 0 Å². The molecule has 7 nitrogen and oxygen atoms in total. The summed E-state index contributed by atoms with van der Waals surface area (Å²) in [5.74, 6) is -1.26. The molecule has 4 atom stereocenters. The predicted octanol–water partition coefficient (Wildman–Crippen LogP) is 2.84. The average molecular weight is 424 g/mol.